The Bertz CT molecular complexity index is 1310. The van der Waals surface area contributed by atoms with Crippen LogP contribution >= 0.6 is 0 Å². The van der Waals surface area contributed by atoms with Crippen LogP contribution in [0.5, 0.6) is 11.8 Å². The number of phenols is 1. The van der Waals surface area contributed by atoms with Gasteiger partial charge in [-0.05, 0) is 30.4 Å². The number of aliphatic hydroxyl groups excluding tert-OH is 1. The topological polar surface area (TPSA) is 102 Å². The number of anilines is 2. The molecule has 0 saturated carbocycles. The van der Waals surface area contributed by atoms with Crippen molar-refractivity contribution >= 4 is 28.2 Å². The van der Waals surface area contributed by atoms with Gasteiger partial charge in [-0.3, -0.25) is 4.79 Å². The molecular weight excluding hydrogens is 470 g/mol. The molecule has 2 aromatic carbocycles. The molecular formula is C28H33N5O4. The first-order valence-corrected chi connectivity index (χ1v) is 12.8. The molecule has 1 saturated heterocycles. The first-order valence-electron chi connectivity index (χ1n) is 12.8. The van der Waals surface area contributed by atoms with Gasteiger partial charge in [0.05, 0.1) is 31.5 Å². The lowest BCUT2D eigenvalue weighted by Gasteiger charge is -2.42. The Morgan fingerprint density at radius 2 is 2.03 bits per heavy atom. The number of amides is 1. The number of fused-ring (bicyclic) bond motifs is 2. The Kier molecular flexibility index (Phi) is 7.14. The van der Waals surface area contributed by atoms with Crippen LogP contribution in [-0.2, 0) is 17.8 Å². The highest BCUT2D eigenvalue weighted by Crippen LogP contribution is 2.36. The summed E-state index contributed by atoms with van der Waals surface area (Å²) in [6.07, 6.45) is 2.85. The van der Waals surface area contributed by atoms with Crippen molar-refractivity contribution < 1.29 is 19.7 Å². The van der Waals surface area contributed by atoms with E-state index in [1.807, 2.05) is 31.2 Å². The van der Waals surface area contributed by atoms with Crippen molar-refractivity contribution in [3.63, 3.8) is 0 Å². The number of hydrogen-bond acceptors (Lipinski definition) is 8. The van der Waals surface area contributed by atoms with Crippen molar-refractivity contribution in [3.05, 3.63) is 60.3 Å². The Morgan fingerprint density at radius 1 is 1.19 bits per heavy atom. The van der Waals surface area contributed by atoms with Crippen molar-refractivity contribution in [3.8, 4) is 11.8 Å². The number of nitrogens with zero attached hydrogens (tertiary/aromatic N) is 5. The molecule has 3 aromatic rings. The number of aromatic hydroxyl groups is 1. The predicted octanol–water partition coefficient (Wildman–Crippen LogP) is 2.88. The normalized spacial score (nSPS) is 17.6. The van der Waals surface area contributed by atoms with Crippen molar-refractivity contribution in [2.24, 2.45) is 0 Å². The Balaban J connectivity index is 1.49. The third kappa shape index (κ3) is 4.91. The van der Waals surface area contributed by atoms with Crippen LogP contribution in [0.2, 0.25) is 0 Å². The number of phenolic OH excluding ortho intramolecular Hbond substituents is 1. The van der Waals surface area contributed by atoms with Crippen LogP contribution < -0.4 is 14.5 Å². The lowest BCUT2D eigenvalue weighted by Crippen LogP contribution is -2.57. The predicted molar refractivity (Wildman–Crippen MR) is 143 cm³/mol. The zero-order valence-corrected chi connectivity index (χ0v) is 21.1. The summed E-state index contributed by atoms with van der Waals surface area (Å²) in [5.41, 5.74) is 2.92. The summed E-state index contributed by atoms with van der Waals surface area (Å²) < 4.78 is 5.88. The van der Waals surface area contributed by atoms with E-state index in [1.54, 1.807) is 11.0 Å². The minimum Gasteiger partial charge on any atom is -0.508 e. The van der Waals surface area contributed by atoms with Crippen LogP contribution in [-0.4, -0.2) is 76.4 Å². The number of carbonyl (C=O) groups is 1. The van der Waals surface area contributed by atoms with E-state index in [-0.39, 0.29) is 24.3 Å². The minimum absolute atomic E-state index is 0.138. The van der Waals surface area contributed by atoms with Gasteiger partial charge in [0.15, 0.2) is 0 Å². The third-order valence-electron chi connectivity index (χ3n) is 7.07. The Labute approximate surface area is 216 Å². The maximum absolute atomic E-state index is 12.3. The Morgan fingerprint density at radius 3 is 2.81 bits per heavy atom. The number of hydrogen-bond donors (Lipinski definition) is 2. The molecule has 9 nitrogen and oxygen atoms in total. The van der Waals surface area contributed by atoms with Crippen LogP contribution in [0.1, 0.15) is 24.6 Å². The number of ether oxygens (including phenoxy) is 1. The average molecular weight is 504 g/mol. The highest BCUT2D eigenvalue weighted by molar-refractivity contribution is 5.95. The highest BCUT2D eigenvalue weighted by atomic mass is 16.5. The number of rotatable bonds is 7. The molecule has 37 heavy (non-hydrogen) atoms. The van der Waals surface area contributed by atoms with Gasteiger partial charge in [-0.25, -0.2) is 0 Å². The smallest absolute Gasteiger partial charge is 0.318 e. The lowest BCUT2D eigenvalue weighted by molar-refractivity contribution is -0.129. The van der Waals surface area contributed by atoms with Gasteiger partial charge in [0.1, 0.15) is 11.6 Å². The standard InChI is InChI=1S/C28H33N5O4/c1-3-13-37-28-29-24-17-31(25-15-21(35)14-19-7-5-6-8-22(19)25)10-9-23(24)27(30-28)32-11-12-33(26(36)4-2)20(16-32)18-34/h4-8,14-15,20,34-35H,2-3,9-13,16-18H2,1H3. The first kappa shape index (κ1) is 24.8. The molecule has 3 heterocycles. The second-order valence-corrected chi connectivity index (χ2v) is 9.48. The molecule has 1 unspecified atom stereocenters. The second-order valence-electron chi connectivity index (χ2n) is 9.48. The fraction of sp³-hybridized carbons (Fsp3) is 0.393. The summed E-state index contributed by atoms with van der Waals surface area (Å²) in [6.45, 7) is 8.83. The molecule has 2 N–H and O–H groups in total. The van der Waals surface area contributed by atoms with Crippen molar-refractivity contribution in [1.29, 1.82) is 0 Å². The van der Waals surface area contributed by atoms with E-state index in [9.17, 15) is 15.0 Å². The molecule has 2 aliphatic rings. The summed E-state index contributed by atoms with van der Waals surface area (Å²) in [6, 6.07) is 11.6. The summed E-state index contributed by atoms with van der Waals surface area (Å²) >= 11 is 0. The van der Waals surface area contributed by atoms with Gasteiger partial charge in [-0.2, -0.15) is 9.97 Å². The van der Waals surface area contributed by atoms with Gasteiger partial charge in [0.25, 0.3) is 0 Å². The highest BCUT2D eigenvalue weighted by Gasteiger charge is 2.33. The number of piperazine rings is 1. The number of aliphatic hydroxyl groups is 1. The van der Waals surface area contributed by atoms with E-state index >= 15 is 0 Å². The van der Waals surface area contributed by atoms with Gasteiger partial charge in [0.2, 0.25) is 5.91 Å². The van der Waals surface area contributed by atoms with Crippen molar-refractivity contribution in [2.75, 3.05) is 49.2 Å². The SMILES string of the molecule is C=CC(=O)N1CCN(c2nc(OCCC)nc3c2CCN(c2cc(O)cc4ccccc24)C3)CC1CO. The zero-order valence-electron chi connectivity index (χ0n) is 21.1. The monoisotopic (exact) mass is 503 g/mol. The maximum atomic E-state index is 12.3. The molecule has 2 aliphatic heterocycles. The van der Waals surface area contributed by atoms with E-state index in [1.165, 1.54) is 6.08 Å². The van der Waals surface area contributed by atoms with Gasteiger partial charge < -0.3 is 29.6 Å². The lowest BCUT2D eigenvalue weighted by atomic mass is 10.0. The van der Waals surface area contributed by atoms with Gasteiger partial charge in [0, 0.05) is 48.9 Å². The average Bonchev–Trinajstić information content (AvgIpc) is 2.94. The van der Waals surface area contributed by atoms with Crippen LogP contribution in [0.15, 0.2) is 49.1 Å². The summed E-state index contributed by atoms with van der Waals surface area (Å²) in [4.78, 5) is 27.9. The summed E-state index contributed by atoms with van der Waals surface area (Å²) in [5.74, 6) is 0.863. The molecule has 1 fully saturated rings. The molecule has 1 amide bonds. The largest absolute Gasteiger partial charge is 0.508 e. The van der Waals surface area contributed by atoms with Crippen molar-refractivity contribution in [1.82, 2.24) is 14.9 Å². The van der Waals surface area contributed by atoms with Gasteiger partial charge >= 0.3 is 6.01 Å². The molecule has 1 atom stereocenters. The molecule has 5 rings (SSSR count). The van der Waals surface area contributed by atoms with E-state index < -0.39 is 0 Å². The number of benzene rings is 2. The maximum Gasteiger partial charge on any atom is 0.318 e. The fourth-order valence-corrected chi connectivity index (χ4v) is 5.26. The van der Waals surface area contributed by atoms with Crippen LogP contribution in [0.4, 0.5) is 11.5 Å². The molecule has 194 valence electrons. The fourth-order valence-electron chi connectivity index (χ4n) is 5.26. The molecule has 0 aliphatic carbocycles. The number of aromatic nitrogens is 2. The van der Waals surface area contributed by atoms with E-state index in [4.69, 9.17) is 14.7 Å². The summed E-state index contributed by atoms with van der Waals surface area (Å²) in [5, 5.41) is 22.5. The molecule has 0 spiro atoms. The van der Waals surface area contributed by atoms with Crippen LogP contribution in [0.25, 0.3) is 10.8 Å². The molecule has 0 radical (unpaired) electrons. The van der Waals surface area contributed by atoms with E-state index in [0.29, 0.717) is 38.8 Å². The van der Waals surface area contributed by atoms with Crippen LogP contribution in [0, 0.1) is 0 Å². The first-order chi connectivity index (χ1) is 18.0. The molecule has 1 aromatic heterocycles. The Hall–Kier alpha value is -3.85. The summed E-state index contributed by atoms with van der Waals surface area (Å²) in [7, 11) is 0. The molecule has 0 bridgehead atoms. The molecule has 9 heteroatoms. The number of carbonyl (C=O) groups excluding carboxylic acids is 1. The van der Waals surface area contributed by atoms with Gasteiger partial charge in [-0.15, -0.1) is 0 Å². The minimum atomic E-state index is -0.344. The van der Waals surface area contributed by atoms with E-state index in [2.05, 4.69) is 22.4 Å². The quantitative estimate of drug-likeness (QED) is 0.475. The second kappa shape index (κ2) is 10.6. The van der Waals surface area contributed by atoms with Crippen molar-refractivity contribution in [2.45, 2.75) is 32.4 Å². The zero-order chi connectivity index (χ0) is 25.9. The van der Waals surface area contributed by atoms with Crippen LogP contribution in [0.3, 0.4) is 0 Å². The van der Waals surface area contributed by atoms with Gasteiger partial charge in [-0.1, -0.05) is 37.8 Å². The van der Waals surface area contributed by atoms with E-state index in [0.717, 1.165) is 52.9 Å². The third-order valence-corrected chi connectivity index (χ3v) is 7.07.